The van der Waals surface area contributed by atoms with Gasteiger partial charge in [0.15, 0.2) is 0 Å². The molecule has 0 aromatic carbocycles. The summed E-state index contributed by atoms with van der Waals surface area (Å²) in [5, 5.41) is 3.34. The molecule has 15 heavy (non-hydrogen) atoms. The molecule has 4 nitrogen and oxygen atoms in total. The highest BCUT2D eigenvalue weighted by Crippen LogP contribution is 2.38. The topological polar surface area (TPSA) is 64.3 Å². The maximum Gasteiger partial charge on any atom is 0.234 e. The zero-order chi connectivity index (χ0) is 10.8. The van der Waals surface area contributed by atoms with Crippen LogP contribution in [-0.4, -0.2) is 30.7 Å². The fourth-order valence-electron chi connectivity index (χ4n) is 2.34. The molecule has 0 radical (unpaired) electrons. The first-order chi connectivity index (χ1) is 7.22. The SMILES string of the molecule is CCC(NC1CCOC1C1CC1)C(N)=O. The number of carbonyl (C=O) groups excluding carboxylic acids is 1. The van der Waals surface area contributed by atoms with Crippen molar-refractivity contribution in [1.29, 1.82) is 0 Å². The lowest BCUT2D eigenvalue weighted by molar-refractivity contribution is -0.120. The summed E-state index contributed by atoms with van der Waals surface area (Å²) >= 11 is 0. The van der Waals surface area contributed by atoms with Crippen molar-refractivity contribution in [3.8, 4) is 0 Å². The Bertz CT molecular complexity index is 241. The van der Waals surface area contributed by atoms with Gasteiger partial charge in [0.05, 0.1) is 12.1 Å². The van der Waals surface area contributed by atoms with Crippen molar-refractivity contribution in [2.45, 2.75) is 50.8 Å². The first-order valence-electron chi connectivity index (χ1n) is 5.89. The fraction of sp³-hybridized carbons (Fsp3) is 0.909. The summed E-state index contributed by atoms with van der Waals surface area (Å²) in [5.41, 5.74) is 5.32. The smallest absolute Gasteiger partial charge is 0.234 e. The molecule has 1 heterocycles. The molecular weight excluding hydrogens is 192 g/mol. The lowest BCUT2D eigenvalue weighted by Crippen LogP contribution is -2.49. The highest BCUT2D eigenvalue weighted by molar-refractivity contribution is 5.79. The zero-order valence-corrected chi connectivity index (χ0v) is 9.24. The summed E-state index contributed by atoms with van der Waals surface area (Å²) in [5.74, 6) is 0.467. The molecule has 3 unspecified atom stereocenters. The Morgan fingerprint density at radius 1 is 1.53 bits per heavy atom. The second kappa shape index (κ2) is 4.49. The van der Waals surface area contributed by atoms with Crippen LogP contribution in [0.3, 0.4) is 0 Å². The van der Waals surface area contributed by atoms with Gasteiger partial charge in [-0.1, -0.05) is 6.92 Å². The third kappa shape index (κ3) is 2.49. The molecule has 1 aliphatic carbocycles. The van der Waals surface area contributed by atoms with Crippen LogP contribution in [0.2, 0.25) is 0 Å². The van der Waals surface area contributed by atoms with Crippen LogP contribution in [0, 0.1) is 5.92 Å². The normalized spacial score (nSPS) is 32.9. The van der Waals surface area contributed by atoms with Gasteiger partial charge in [-0.3, -0.25) is 4.79 Å². The maximum absolute atomic E-state index is 11.1. The summed E-state index contributed by atoms with van der Waals surface area (Å²) in [4.78, 5) is 11.1. The number of nitrogens with one attached hydrogen (secondary N) is 1. The standard InChI is InChI=1S/C11H20N2O2/c1-2-8(11(12)14)13-9-5-6-15-10(9)7-3-4-7/h7-10,13H,2-6H2,1H3,(H2,12,14). The molecule has 3 atom stereocenters. The lowest BCUT2D eigenvalue weighted by atomic mass is 10.0. The van der Waals surface area contributed by atoms with E-state index in [4.69, 9.17) is 10.5 Å². The number of hydrogen-bond acceptors (Lipinski definition) is 3. The van der Waals surface area contributed by atoms with Crippen LogP contribution in [0.25, 0.3) is 0 Å². The molecule has 3 N–H and O–H groups in total. The van der Waals surface area contributed by atoms with Crippen molar-refractivity contribution >= 4 is 5.91 Å². The third-order valence-corrected chi connectivity index (χ3v) is 3.39. The van der Waals surface area contributed by atoms with E-state index < -0.39 is 0 Å². The Labute approximate surface area is 90.5 Å². The van der Waals surface area contributed by atoms with Gasteiger partial charge in [-0.25, -0.2) is 0 Å². The van der Waals surface area contributed by atoms with E-state index in [9.17, 15) is 4.79 Å². The van der Waals surface area contributed by atoms with E-state index >= 15 is 0 Å². The molecule has 2 aliphatic rings. The predicted molar refractivity (Wildman–Crippen MR) is 57.3 cm³/mol. The monoisotopic (exact) mass is 212 g/mol. The molecule has 1 aliphatic heterocycles. The fourth-order valence-corrected chi connectivity index (χ4v) is 2.34. The zero-order valence-electron chi connectivity index (χ0n) is 9.24. The Morgan fingerprint density at radius 2 is 2.27 bits per heavy atom. The highest BCUT2D eigenvalue weighted by atomic mass is 16.5. The summed E-state index contributed by atoms with van der Waals surface area (Å²) in [7, 11) is 0. The molecule has 0 aromatic heterocycles. The molecule has 0 bridgehead atoms. The van der Waals surface area contributed by atoms with Crippen molar-refractivity contribution in [1.82, 2.24) is 5.32 Å². The second-order valence-electron chi connectivity index (χ2n) is 4.60. The number of hydrogen-bond donors (Lipinski definition) is 2. The minimum Gasteiger partial charge on any atom is -0.376 e. The summed E-state index contributed by atoms with van der Waals surface area (Å²) < 4.78 is 5.70. The van der Waals surface area contributed by atoms with Crippen molar-refractivity contribution in [2.24, 2.45) is 11.7 Å². The predicted octanol–water partition coefficient (Wildman–Crippen LogP) is 0.407. The molecular formula is C11H20N2O2. The molecule has 0 aromatic rings. The molecule has 1 amide bonds. The van der Waals surface area contributed by atoms with Gasteiger partial charge in [0.1, 0.15) is 0 Å². The average molecular weight is 212 g/mol. The summed E-state index contributed by atoms with van der Waals surface area (Å²) in [6, 6.07) is 0.132. The van der Waals surface area contributed by atoms with Crippen molar-refractivity contribution in [3.63, 3.8) is 0 Å². The van der Waals surface area contributed by atoms with Crippen molar-refractivity contribution < 1.29 is 9.53 Å². The van der Waals surface area contributed by atoms with Crippen molar-refractivity contribution in [2.75, 3.05) is 6.61 Å². The molecule has 4 heteroatoms. The average Bonchev–Trinajstić information content (AvgIpc) is 2.95. The number of amides is 1. The highest BCUT2D eigenvalue weighted by Gasteiger charge is 2.41. The number of nitrogens with two attached hydrogens (primary N) is 1. The van der Waals surface area contributed by atoms with Gasteiger partial charge in [-0.2, -0.15) is 0 Å². The Hall–Kier alpha value is -0.610. The van der Waals surface area contributed by atoms with Gasteiger partial charge in [0.2, 0.25) is 5.91 Å². The van der Waals surface area contributed by atoms with Crippen LogP contribution in [0.15, 0.2) is 0 Å². The van der Waals surface area contributed by atoms with Gasteiger partial charge in [-0.15, -0.1) is 0 Å². The molecule has 2 fully saturated rings. The third-order valence-electron chi connectivity index (χ3n) is 3.39. The van der Waals surface area contributed by atoms with E-state index in [1.165, 1.54) is 12.8 Å². The molecule has 86 valence electrons. The van der Waals surface area contributed by atoms with Gasteiger partial charge >= 0.3 is 0 Å². The van der Waals surface area contributed by atoms with Gasteiger partial charge in [0.25, 0.3) is 0 Å². The van der Waals surface area contributed by atoms with E-state index in [2.05, 4.69) is 5.32 Å². The molecule has 0 spiro atoms. The van der Waals surface area contributed by atoms with Gasteiger partial charge in [-0.05, 0) is 31.6 Å². The van der Waals surface area contributed by atoms with Crippen LogP contribution >= 0.6 is 0 Å². The van der Waals surface area contributed by atoms with E-state index in [0.717, 1.165) is 25.4 Å². The number of rotatable bonds is 5. The van der Waals surface area contributed by atoms with Gasteiger partial charge < -0.3 is 15.8 Å². The maximum atomic E-state index is 11.1. The minimum absolute atomic E-state index is 0.196. The minimum atomic E-state index is -0.251. The van der Waals surface area contributed by atoms with Crippen LogP contribution in [0.1, 0.15) is 32.6 Å². The second-order valence-corrected chi connectivity index (χ2v) is 4.60. The first-order valence-corrected chi connectivity index (χ1v) is 5.89. The molecule has 1 saturated carbocycles. The molecule has 2 rings (SSSR count). The van der Waals surface area contributed by atoms with E-state index in [1.54, 1.807) is 0 Å². The van der Waals surface area contributed by atoms with Gasteiger partial charge in [0, 0.05) is 12.6 Å². The Morgan fingerprint density at radius 3 is 2.80 bits per heavy atom. The van der Waals surface area contributed by atoms with E-state index in [-0.39, 0.29) is 11.9 Å². The number of ether oxygens (including phenoxy) is 1. The summed E-state index contributed by atoms with van der Waals surface area (Å²) in [6.07, 6.45) is 4.62. The van der Waals surface area contributed by atoms with Crippen LogP contribution in [0.5, 0.6) is 0 Å². The summed E-state index contributed by atoms with van der Waals surface area (Å²) in [6.45, 7) is 2.79. The Kier molecular flexibility index (Phi) is 3.26. The Balaban J connectivity index is 1.88. The lowest BCUT2D eigenvalue weighted by Gasteiger charge is -2.23. The van der Waals surface area contributed by atoms with E-state index in [1.807, 2.05) is 6.92 Å². The van der Waals surface area contributed by atoms with Crippen molar-refractivity contribution in [3.05, 3.63) is 0 Å². The quantitative estimate of drug-likeness (QED) is 0.693. The largest absolute Gasteiger partial charge is 0.376 e. The van der Waals surface area contributed by atoms with Crippen LogP contribution in [0.4, 0.5) is 0 Å². The van der Waals surface area contributed by atoms with Crippen LogP contribution < -0.4 is 11.1 Å². The number of carbonyl (C=O) groups is 1. The first kappa shape index (κ1) is 10.9. The number of primary amides is 1. The van der Waals surface area contributed by atoms with Crippen LogP contribution in [-0.2, 0) is 9.53 Å². The molecule has 1 saturated heterocycles. The van der Waals surface area contributed by atoms with E-state index in [0.29, 0.717) is 12.1 Å².